The summed E-state index contributed by atoms with van der Waals surface area (Å²) in [6.45, 7) is 2.22. The Morgan fingerprint density at radius 2 is 1.94 bits per heavy atom. The Balaban J connectivity index is 2.01. The zero-order chi connectivity index (χ0) is 12.1. The van der Waals surface area contributed by atoms with Gasteiger partial charge in [-0.25, -0.2) is 0 Å². The van der Waals surface area contributed by atoms with E-state index in [1.807, 2.05) is 0 Å². The number of alkyl halides is 1. The number of halogens is 2. The van der Waals surface area contributed by atoms with E-state index in [2.05, 4.69) is 45.1 Å². The molecule has 0 N–H and O–H groups in total. The maximum Gasteiger partial charge on any atom is 0.0379 e. The fourth-order valence-corrected chi connectivity index (χ4v) is 3.06. The van der Waals surface area contributed by atoms with Gasteiger partial charge in [0, 0.05) is 22.9 Å². The zero-order valence-electron chi connectivity index (χ0n) is 10.0. The minimum absolute atomic E-state index is 0.558. The van der Waals surface area contributed by atoms with Crippen molar-refractivity contribution in [3.63, 3.8) is 0 Å². The van der Waals surface area contributed by atoms with E-state index >= 15 is 0 Å². The van der Waals surface area contributed by atoms with Crippen molar-refractivity contribution in [3.05, 3.63) is 34.3 Å². The highest BCUT2D eigenvalue weighted by molar-refractivity contribution is 9.10. The Hall–Kier alpha value is -0.0500. The van der Waals surface area contributed by atoms with Crippen LogP contribution >= 0.6 is 27.5 Å². The lowest BCUT2D eigenvalue weighted by Crippen LogP contribution is -2.35. The largest absolute Gasteiger partial charge is 0.295 e. The van der Waals surface area contributed by atoms with Crippen LogP contribution in [0, 0.1) is 0 Å². The van der Waals surface area contributed by atoms with Gasteiger partial charge in [0.1, 0.15) is 0 Å². The van der Waals surface area contributed by atoms with Gasteiger partial charge in [0.2, 0.25) is 0 Å². The predicted octanol–water partition coefficient (Wildman–Crippen LogP) is 4.43. The monoisotopic (exact) mass is 315 g/mol. The molecule has 1 fully saturated rings. The van der Waals surface area contributed by atoms with Crippen molar-refractivity contribution in [2.45, 2.75) is 38.3 Å². The molecule has 3 heteroatoms. The normalized spacial score (nSPS) is 22.4. The second kappa shape index (κ2) is 6.77. The fourth-order valence-electron chi connectivity index (χ4n) is 2.44. The van der Waals surface area contributed by atoms with Crippen molar-refractivity contribution in [3.8, 4) is 0 Å². The first kappa shape index (κ1) is 13.4. The molecule has 1 unspecified atom stereocenters. The van der Waals surface area contributed by atoms with E-state index in [0.717, 1.165) is 16.9 Å². The molecule has 0 saturated carbocycles. The van der Waals surface area contributed by atoms with Crippen LogP contribution in [-0.2, 0) is 6.54 Å². The highest BCUT2D eigenvalue weighted by Gasteiger charge is 2.19. The molecule has 1 saturated heterocycles. The third-order valence-electron chi connectivity index (χ3n) is 3.48. The molecule has 1 aromatic carbocycles. The molecule has 1 aromatic rings. The molecule has 1 atom stereocenters. The van der Waals surface area contributed by atoms with Gasteiger partial charge in [-0.1, -0.05) is 40.9 Å². The van der Waals surface area contributed by atoms with Gasteiger partial charge in [-0.15, -0.1) is 11.6 Å². The molecule has 1 nitrogen and oxygen atoms in total. The minimum atomic E-state index is 0.558. The smallest absolute Gasteiger partial charge is 0.0379 e. The van der Waals surface area contributed by atoms with Crippen LogP contribution in [0.4, 0.5) is 0 Å². The maximum absolute atomic E-state index is 6.09. The lowest BCUT2D eigenvalue weighted by atomic mass is 10.1. The standard InChI is InChI=1S/C14H19BrClN/c15-13-7-5-12(6-8-13)11-17-9-3-1-2-4-14(17)10-16/h5-8,14H,1-4,9-11H2. The van der Waals surface area contributed by atoms with Crippen LogP contribution in [0.25, 0.3) is 0 Å². The van der Waals surface area contributed by atoms with Crippen molar-refractivity contribution in [1.29, 1.82) is 0 Å². The number of hydrogen-bond acceptors (Lipinski definition) is 1. The molecule has 2 rings (SSSR count). The lowest BCUT2D eigenvalue weighted by molar-refractivity contribution is 0.207. The van der Waals surface area contributed by atoms with Gasteiger partial charge >= 0.3 is 0 Å². The van der Waals surface area contributed by atoms with Crippen LogP contribution in [-0.4, -0.2) is 23.4 Å². The molecular formula is C14H19BrClN. The highest BCUT2D eigenvalue weighted by Crippen LogP contribution is 2.21. The first-order chi connectivity index (χ1) is 8.29. The average molecular weight is 317 g/mol. The zero-order valence-corrected chi connectivity index (χ0v) is 12.4. The van der Waals surface area contributed by atoms with Crippen LogP contribution in [0.15, 0.2) is 28.7 Å². The number of nitrogens with zero attached hydrogens (tertiary/aromatic N) is 1. The number of likely N-dealkylation sites (tertiary alicyclic amines) is 1. The summed E-state index contributed by atoms with van der Waals surface area (Å²) in [4.78, 5) is 2.54. The van der Waals surface area contributed by atoms with Gasteiger partial charge in [0.25, 0.3) is 0 Å². The van der Waals surface area contributed by atoms with Crippen molar-refractivity contribution in [2.75, 3.05) is 12.4 Å². The molecule has 17 heavy (non-hydrogen) atoms. The second-order valence-electron chi connectivity index (χ2n) is 4.75. The second-order valence-corrected chi connectivity index (χ2v) is 5.98. The van der Waals surface area contributed by atoms with E-state index in [-0.39, 0.29) is 0 Å². The molecule has 0 radical (unpaired) electrons. The molecule has 94 valence electrons. The van der Waals surface area contributed by atoms with Crippen molar-refractivity contribution in [2.24, 2.45) is 0 Å². The number of hydrogen-bond donors (Lipinski definition) is 0. The summed E-state index contributed by atoms with van der Waals surface area (Å²) in [5, 5.41) is 0. The third-order valence-corrected chi connectivity index (χ3v) is 4.36. The van der Waals surface area contributed by atoms with Gasteiger partial charge in [-0.05, 0) is 37.1 Å². The molecule has 0 amide bonds. The lowest BCUT2D eigenvalue weighted by Gasteiger charge is -2.28. The molecular weight excluding hydrogens is 298 g/mol. The Kier molecular flexibility index (Phi) is 5.33. The molecule has 0 bridgehead atoms. The van der Waals surface area contributed by atoms with Gasteiger partial charge < -0.3 is 0 Å². The summed E-state index contributed by atoms with van der Waals surface area (Å²) in [5.41, 5.74) is 1.38. The first-order valence-electron chi connectivity index (χ1n) is 6.34. The number of rotatable bonds is 3. The molecule has 1 heterocycles. The van der Waals surface area contributed by atoms with Crippen LogP contribution in [0.1, 0.15) is 31.2 Å². The summed E-state index contributed by atoms with van der Waals surface area (Å²) in [5.74, 6) is 0.760. The summed E-state index contributed by atoms with van der Waals surface area (Å²) in [6, 6.07) is 9.18. The summed E-state index contributed by atoms with van der Waals surface area (Å²) < 4.78 is 1.14. The van der Waals surface area contributed by atoms with E-state index in [4.69, 9.17) is 11.6 Å². The quantitative estimate of drug-likeness (QED) is 0.746. The number of benzene rings is 1. The van der Waals surface area contributed by atoms with Crippen molar-refractivity contribution in [1.82, 2.24) is 4.90 Å². The van der Waals surface area contributed by atoms with Gasteiger partial charge in [0.15, 0.2) is 0 Å². The van der Waals surface area contributed by atoms with Crippen LogP contribution in [0.2, 0.25) is 0 Å². The van der Waals surface area contributed by atoms with Gasteiger partial charge in [-0.2, -0.15) is 0 Å². The van der Waals surface area contributed by atoms with E-state index < -0.39 is 0 Å². The minimum Gasteiger partial charge on any atom is -0.295 e. The molecule has 1 aliphatic rings. The van der Waals surface area contributed by atoms with Crippen molar-refractivity contribution < 1.29 is 0 Å². The Bertz CT molecular complexity index is 339. The SMILES string of the molecule is ClCC1CCCCCN1Cc1ccc(Br)cc1. The van der Waals surface area contributed by atoms with Gasteiger partial charge in [-0.3, -0.25) is 4.90 Å². The summed E-state index contributed by atoms with van der Waals surface area (Å²) in [6.07, 6.45) is 5.24. The molecule has 0 aliphatic carbocycles. The van der Waals surface area contributed by atoms with E-state index in [9.17, 15) is 0 Å². The average Bonchev–Trinajstić information content (AvgIpc) is 2.57. The molecule has 1 aliphatic heterocycles. The summed E-state index contributed by atoms with van der Waals surface area (Å²) >= 11 is 9.56. The van der Waals surface area contributed by atoms with Crippen molar-refractivity contribution >= 4 is 27.5 Å². The molecule has 0 aromatic heterocycles. The van der Waals surface area contributed by atoms with Gasteiger partial charge in [0.05, 0.1) is 0 Å². The summed E-state index contributed by atoms with van der Waals surface area (Å²) in [7, 11) is 0. The topological polar surface area (TPSA) is 3.24 Å². The fraction of sp³-hybridized carbons (Fsp3) is 0.571. The van der Waals surface area contributed by atoms with Crippen LogP contribution < -0.4 is 0 Å². The Labute approximate surface area is 117 Å². The highest BCUT2D eigenvalue weighted by atomic mass is 79.9. The first-order valence-corrected chi connectivity index (χ1v) is 7.67. The Morgan fingerprint density at radius 3 is 2.65 bits per heavy atom. The molecule has 0 spiro atoms. The predicted molar refractivity (Wildman–Crippen MR) is 77.5 cm³/mol. The third kappa shape index (κ3) is 3.97. The van der Waals surface area contributed by atoms with Crippen LogP contribution in [0.3, 0.4) is 0 Å². The maximum atomic E-state index is 6.09. The van der Waals surface area contributed by atoms with E-state index in [1.54, 1.807) is 0 Å². The van der Waals surface area contributed by atoms with E-state index in [1.165, 1.54) is 37.8 Å². The van der Waals surface area contributed by atoms with Crippen LogP contribution in [0.5, 0.6) is 0 Å². The Morgan fingerprint density at radius 1 is 1.18 bits per heavy atom. The van der Waals surface area contributed by atoms with E-state index in [0.29, 0.717) is 6.04 Å².